The zero-order valence-corrected chi connectivity index (χ0v) is 18.7. The lowest BCUT2D eigenvalue weighted by atomic mass is 9.91. The Morgan fingerprint density at radius 3 is 2.00 bits per heavy atom. The second-order valence-electron chi connectivity index (χ2n) is 8.60. The van der Waals surface area contributed by atoms with E-state index in [1.54, 1.807) is 0 Å². The van der Waals surface area contributed by atoms with Crippen LogP contribution in [0, 0.1) is 0 Å². The van der Waals surface area contributed by atoms with E-state index in [1.165, 1.54) is 32.7 Å². The fourth-order valence-corrected chi connectivity index (χ4v) is 4.66. The van der Waals surface area contributed by atoms with Crippen molar-refractivity contribution >= 4 is 38.6 Å². The normalized spacial score (nSPS) is 11.1. The molecular formula is C32H24N2. The van der Waals surface area contributed by atoms with Gasteiger partial charge in [0, 0.05) is 17.1 Å². The molecule has 0 radical (unpaired) electrons. The molecule has 0 aliphatic heterocycles. The first-order valence-corrected chi connectivity index (χ1v) is 11.5. The summed E-state index contributed by atoms with van der Waals surface area (Å²) in [5.74, 6) is 0. The summed E-state index contributed by atoms with van der Waals surface area (Å²) in [5.41, 5.74) is 13.8. The highest BCUT2D eigenvalue weighted by Crippen LogP contribution is 2.38. The molecule has 0 spiro atoms. The van der Waals surface area contributed by atoms with Crippen LogP contribution in [0.1, 0.15) is 0 Å². The van der Waals surface area contributed by atoms with E-state index in [-0.39, 0.29) is 0 Å². The van der Waals surface area contributed by atoms with Crippen molar-refractivity contribution in [2.75, 3.05) is 11.1 Å². The van der Waals surface area contributed by atoms with Gasteiger partial charge in [-0.15, -0.1) is 0 Å². The summed E-state index contributed by atoms with van der Waals surface area (Å²) in [5, 5.41) is 8.46. The molecule has 6 aromatic carbocycles. The first-order chi connectivity index (χ1) is 16.7. The van der Waals surface area contributed by atoms with E-state index in [0.717, 1.165) is 28.2 Å². The van der Waals surface area contributed by atoms with E-state index < -0.39 is 0 Å². The van der Waals surface area contributed by atoms with E-state index in [0.29, 0.717) is 0 Å². The molecule has 0 saturated heterocycles. The van der Waals surface area contributed by atoms with Gasteiger partial charge >= 0.3 is 0 Å². The Morgan fingerprint density at radius 2 is 1.15 bits per heavy atom. The summed E-state index contributed by atoms with van der Waals surface area (Å²) < 4.78 is 0. The maximum atomic E-state index is 6.23. The number of nitrogen functional groups attached to an aromatic ring is 1. The molecular weight excluding hydrogens is 412 g/mol. The van der Waals surface area contributed by atoms with Crippen molar-refractivity contribution in [2.45, 2.75) is 0 Å². The molecule has 2 heteroatoms. The number of anilines is 3. The predicted octanol–water partition coefficient (Wildman–Crippen LogP) is 8.65. The van der Waals surface area contributed by atoms with Gasteiger partial charge in [0.25, 0.3) is 0 Å². The zero-order valence-electron chi connectivity index (χ0n) is 18.7. The van der Waals surface area contributed by atoms with Gasteiger partial charge in [-0.1, -0.05) is 91.0 Å². The van der Waals surface area contributed by atoms with Crippen LogP contribution in [0.4, 0.5) is 17.1 Å². The lowest BCUT2D eigenvalue weighted by molar-refractivity contribution is 1.55. The lowest BCUT2D eigenvalue weighted by Gasteiger charge is -2.15. The largest absolute Gasteiger partial charge is 0.399 e. The third-order valence-electron chi connectivity index (χ3n) is 6.36. The minimum atomic E-state index is 0.765. The summed E-state index contributed by atoms with van der Waals surface area (Å²) in [7, 11) is 0. The molecule has 0 fully saturated rings. The number of hydrogen-bond donors (Lipinski definition) is 2. The molecule has 0 heterocycles. The molecule has 0 amide bonds. The highest BCUT2D eigenvalue weighted by atomic mass is 14.9. The molecule has 2 nitrogen and oxygen atoms in total. The smallest absolute Gasteiger partial charge is 0.0390 e. The number of nitrogens with one attached hydrogen (secondary N) is 1. The summed E-state index contributed by atoms with van der Waals surface area (Å²) >= 11 is 0. The Morgan fingerprint density at radius 1 is 0.441 bits per heavy atom. The Hall–Kier alpha value is -4.56. The van der Waals surface area contributed by atoms with Crippen LogP contribution >= 0.6 is 0 Å². The van der Waals surface area contributed by atoms with Crippen molar-refractivity contribution in [3.8, 4) is 22.3 Å². The maximum Gasteiger partial charge on any atom is 0.0390 e. The molecule has 0 saturated carbocycles. The summed E-state index contributed by atoms with van der Waals surface area (Å²) in [6, 6.07) is 44.6. The van der Waals surface area contributed by atoms with Crippen molar-refractivity contribution < 1.29 is 0 Å². The van der Waals surface area contributed by atoms with Crippen LogP contribution in [0.2, 0.25) is 0 Å². The molecule has 0 bridgehead atoms. The van der Waals surface area contributed by atoms with Gasteiger partial charge in [0.2, 0.25) is 0 Å². The Labute approximate surface area is 199 Å². The number of fused-ring (bicyclic) bond motifs is 2. The van der Waals surface area contributed by atoms with Crippen molar-refractivity contribution in [1.82, 2.24) is 0 Å². The molecule has 0 aliphatic carbocycles. The summed E-state index contributed by atoms with van der Waals surface area (Å²) in [6.45, 7) is 0. The second-order valence-corrected chi connectivity index (χ2v) is 8.60. The van der Waals surface area contributed by atoms with Gasteiger partial charge in [-0.2, -0.15) is 0 Å². The first kappa shape index (κ1) is 20.1. The minimum absolute atomic E-state index is 0.765. The van der Waals surface area contributed by atoms with Gasteiger partial charge in [-0.3, -0.25) is 0 Å². The van der Waals surface area contributed by atoms with Gasteiger partial charge in [0.05, 0.1) is 0 Å². The van der Waals surface area contributed by atoms with Crippen molar-refractivity contribution in [3.05, 3.63) is 127 Å². The molecule has 6 rings (SSSR count). The number of benzene rings is 6. The SMILES string of the molecule is Nc1ccc(-c2ccc(Nc3ccc4ccccc4c3)cc2)c(-c2cccc3ccccc23)c1. The number of nitrogens with two attached hydrogens (primary N) is 1. The molecule has 0 aliphatic rings. The predicted molar refractivity (Wildman–Crippen MR) is 146 cm³/mol. The van der Waals surface area contributed by atoms with Gasteiger partial charge in [-0.05, 0) is 80.2 Å². The maximum absolute atomic E-state index is 6.23. The lowest BCUT2D eigenvalue weighted by Crippen LogP contribution is -1.92. The van der Waals surface area contributed by atoms with Gasteiger partial charge in [-0.25, -0.2) is 0 Å². The van der Waals surface area contributed by atoms with Crippen molar-refractivity contribution in [1.29, 1.82) is 0 Å². The molecule has 0 unspecified atom stereocenters. The minimum Gasteiger partial charge on any atom is -0.399 e. The van der Waals surface area contributed by atoms with Gasteiger partial charge in [0.15, 0.2) is 0 Å². The van der Waals surface area contributed by atoms with Crippen LogP contribution < -0.4 is 11.1 Å². The zero-order chi connectivity index (χ0) is 22.9. The van der Waals surface area contributed by atoms with E-state index in [4.69, 9.17) is 5.73 Å². The standard InChI is InChI=1S/C32H24N2/c33-26-15-19-30(32(21-26)31-11-5-9-23-7-3-4-10-29(23)31)24-13-16-27(17-14-24)34-28-18-12-22-6-1-2-8-25(22)20-28/h1-21,34H,33H2. The van der Waals surface area contributed by atoms with Crippen LogP contribution in [0.3, 0.4) is 0 Å². The Bertz CT molecular complexity index is 1630. The topological polar surface area (TPSA) is 38.0 Å². The number of rotatable bonds is 4. The van der Waals surface area contributed by atoms with Gasteiger partial charge < -0.3 is 11.1 Å². The monoisotopic (exact) mass is 436 g/mol. The second kappa shape index (κ2) is 8.42. The first-order valence-electron chi connectivity index (χ1n) is 11.5. The van der Waals surface area contributed by atoms with Crippen molar-refractivity contribution in [2.24, 2.45) is 0 Å². The van der Waals surface area contributed by atoms with E-state index in [1.807, 2.05) is 6.07 Å². The fourth-order valence-electron chi connectivity index (χ4n) is 4.66. The molecule has 34 heavy (non-hydrogen) atoms. The van der Waals surface area contributed by atoms with Gasteiger partial charge in [0.1, 0.15) is 0 Å². The van der Waals surface area contributed by atoms with Crippen LogP contribution in [0.25, 0.3) is 43.8 Å². The molecule has 162 valence electrons. The van der Waals surface area contributed by atoms with Crippen LogP contribution in [-0.4, -0.2) is 0 Å². The average Bonchev–Trinajstić information content (AvgIpc) is 2.89. The highest BCUT2D eigenvalue weighted by molar-refractivity contribution is 6.01. The Kier molecular flexibility index (Phi) is 4.97. The number of hydrogen-bond acceptors (Lipinski definition) is 2. The molecule has 3 N–H and O–H groups in total. The quantitative estimate of drug-likeness (QED) is 0.271. The summed E-state index contributed by atoms with van der Waals surface area (Å²) in [6.07, 6.45) is 0. The molecule has 6 aromatic rings. The third kappa shape index (κ3) is 3.76. The summed E-state index contributed by atoms with van der Waals surface area (Å²) in [4.78, 5) is 0. The van der Waals surface area contributed by atoms with Crippen LogP contribution in [0.5, 0.6) is 0 Å². The van der Waals surface area contributed by atoms with E-state index in [9.17, 15) is 0 Å². The van der Waals surface area contributed by atoms with E-state index in [2.05, 4.69) is 127 Å². The Balaban J connectivity index is 1.36. The van der Waals surface area contributed by atoms with E-state index >= 15 is 0 Å². The van der Waals surface area contributed by atoms with Crippen molar-refractivity contribution in [3.63, 3.8) is 0 Å². The highest BCUT2D eigenvalue weighted by Gasteiger charge is 2.11. The van der Waals surface area contributed by atoms with Crippen LogP contribution in [0.15, 0.2) is 127 Å². The van der Waals surface area contributed by atoms with Crippen LogP contribution in [-0.2, 0) is 0 Å². The average molecular weight is 437 g/mol. The molecule has 0 aromatic heterocycles. The third-order valence-corrected chi connectivity index (χ3v) is 6.36. The fraction of sp³-hybridized carbons (Fsp3) is 0. The molecule has 0 atom stereocenters.